The van der Waals surface area contributed by atoms with Gasteiger partial charge < -0.3 is 0 Å². The van der Waals surface area contributed by atoms with Crippen molar-refractivity contribution in [1.82, 2.24) is 34.6 Å². The molecule has 3 aromatic heterocycles. The summed E-state index contributed by atoms with van der Waals surface area (Å²) in [5.41, 5.74) is 1.89. The topological polar surface area (TPSA) is 73.8 Å². The lowest BCUT2D eigenvalue weighted by atomic mass is 10.4. The van der Waals surface area contributed by atoms with Crippen LogP contribution in [0.1, 0.15) is 11.4 Å². The molecule has 80 valence electrons. The van der Waals surface area contributed by atoms with Crippen molar-refractivity contribution < 1.29 is 0 Å². The molecule has 0 fully saturated rings. The Kier molecular flexibility index (Phi) is 1.73. The van der Waals surface area contributed by atoms with Crippen LogP contribution >= 0.6 is 0 Å². The average Bonchev–Trinajstić information content (AvgIpc) is 2.83. The minimum atomic E-state index is 0.441. The van der Waals surface area contributed by atoms with E-state index in [0.29, 0.717) is 11.7 Å². The summed E-state index contributed by atoms with van der Waals surface area (Å²) in [4.78, 5) is 3.98. The van der Waals surface area contributed by atoms with Crippen LogP contribution in [0.2, 0.25) is 0 Å². The number of fused-ring (bicyclic) bond motifs is 1. The quantitative estimate of drug-likeness (QED) is 0.584. The Morgan fingerprint density at radius 2 is 2.00 bits per heavy atom. The van der Waals surface area contributed by atoms with Gasteiger partial charge in [0.25, 0.3) is 11.7 Å². The molecule has 0 aliphatic rings. The van der Waals surface area contributed by atoms with Crippen molar-refractivity contribution >= 4 is 5.78 Å². The Balaban J connectivity index is 2.21. The van der Waals surface area contributed by atoms with Crippen LogP contribution in [0, 0.1) is 13.8 Å². The van der Waals surface area contributed by atoms with E-state index in [0.717, 1.165) is 11.4 Å². The highest BCUT2D eigenvalue weighted by Crippen LogP contribution is 2.06. The van der Waals surface area contributed by atoms with E-state index in [4.69, 9.17) is 0 Å². The molecule has 7 nitrogen and oxygen atoms in total. The molecule has 0 amide bonds. The summed E-state index contributed by atoms with van der Waals surface area (Å²) in [6.07, 6.45) is 3.35. The first-order valence-electron chi connectivity index (χ1n) is 4.82. The molecule has 0 atom stereocenters. The molecule has 0 spiro atoms. The zero-order valence-electron chi connectivity index (χ0n) is 8.86. The average molecular weight is 215 g/mol. The SMILES string of the molecule is Cc1cc(C)n(-c2nnc3nccn3n2)n1. The summed E-state index contributed by atoms with van der Waals surface area (Å²) in [7, 11) is 0. The van der Waals surface area contributed by atoms with Crippen LogP contribution in [-0.4, -0.2) is 34.6 Å². The van der Waals surface area contributed by atoms with E-state index in [1.165, 1.54) is 0 Å². The first-order valence-corrected chi connectivity index (χ1v) is 4.82. The van der Waals surface area contributed by atoms with E-state index in [1.54, 1.807) is 21.6 Å². The van der Waals surface area contributed by atoms with Gasteiger partial charge in [-0.15, -0.1) is 15.3 Å². The monoisotopic (exact) mass is 215 g/mol. The first-order chi connectivity index (χ1) is 7.74. The molecule has 0 unspecified atom stereocenters. The number of aryl methyl sites for hydroxylation is 2. The fraction of sp³-hybridized carbons (Fsp3) is 0.222. The van der Waals surface area contributed by atoms with Gasteiger partial charge in [0.15, 0.2) is 0 Å². The van der Waals surface area contributed by atoms with Gasteiger partial charge in [0.1, 0.15) is 0 Å². The third-order valence-electron chi connectivity index (χ3n) is 2.23. The van der Waals surface area contributed by atoms with Crippen LogP contribution in [-0.2, 0) is 0 Å². The molecule has 0 N–H and O–H groups in total. The Hall–Kier alpha value is -2.31. The lowest BCUT2D eigenvalue weighted by molar-refractivity contribution is 0.699. The Bertz CT molecular complexity index is 651. The van der Waals surface area contributed by atoms with Gasteiger partial charge in [-0.05, 0) is 19.9 Å². The number of hydrogen-bond donors (Lipinski definition) is 0. The summed E-state index contributed by atoms with van der Waals surface area (Å²) in [6.45, 7) is 3.87. The summed E-state index contributed by atoms with van der Waals surface area (Å²) in [6, 6.07) is 1.96. The largest absolute Gasteiger partial charge is 0.287 e. The number of hydrogen-bond acceptors (Lipinski definition) is 5. The van der Waals surface area contributed by atoms with Crippen molar-refractivity contribution in [3.05, 3.63) is 29.8 Å². The van der Waals surface area contributed by atoms with Crippen LogP contribution in [0.5, 0.6) is 0 Å². The normalized spacial score (nSPS) is 11.1. The Labute approximate surface area is 90.8 Å². The molecule has 0 bridgehead atoms. The van der Waals surface area contributed by atoms with E-state index in [9.17, 15) is 0 Å². The molecule has 0 radical (unpaired) electrons. The van der Waals surface area contributed by atoms with Gasteiger partial charge >= 0.3 is 0 Å². The second-order valence-electron chi connectivity index (χ2n) is 3.51. The summed E-state index contributed by atoms with van der Waals surface area (Å²) < 4.78 is 3.22. The van der Waals surface area contributed by atoms with Crippen LogP contribution in [0.3, 0.4) is 0 Å². The number of nitrogens with zero attached hydrogens (tertiary/aromatic N) is 7. The highest BCUT2D eigenvalue weighted by atomic mass is 15.5. The van der Waals surface area contributed by atoms with Gasteiger partial charge in [0, 0.05) is 11.9 Å². The molecule has 3 heterocycles. The van der Waals surface area contributed by atoms with Gasteiger partial charge in [0.05, 0.1) is 11.9 Å². The summed E-state index contributed by atoms with van der Waals surface area (Å²) >= 11 is 0. The number of aromatic nitrogens is 7. The third-order valence-corrected chi connectivity index (χ3v) is 2.23. The third kappa shape index (κ3) is 1.25. The highest BCUT2D eigenvalue weighted by molar-refractivity contribution is 5.24. The van der Waals surface area contributed by atoms with E-state index < -0.39 is 0 Å². The van der Waals surface area contributed by atoms with Crippen LogP contribution in [0.15, 0.2) is 18.5 Å². The van der Waals surface area contributed by atoms with Gasteiger partial charge in [-0.1, -0.05) is 0 Å². The van der Waals surface area contributed by atoms with Crippen molar-refractivity contribution in [3.8, 4) is 5.95 Å². The summed E-state index contributed by atoms with van der Waals surface area (Å²) in [5, 5.41) is 16.5. The van der Waals surface area contributed by atoms with Crippen molar-refractivity contribution in [3.63, 3.8) is 0 Å². The van der Waals surface area contributed by atoms with E-state index in [2.05, 4.69) is 25.4 Å². The minimum Gasteiger partial charge on any atom is -0.217 e. The molecule has 7 heteroatoms. The van der Waals surface area contributed by atoms with Crippen LogP contribution in [0.4, 0.5) is 0 Å². The molecular formula is C9H9N7. The van der Waals surface area contributed by atoms with Crippen molar-refractivity contribution in [2.24, 2.45) is 0 Å². The molecule has 0 aliphatic heterocycles. The number of imidazole rings is 1. The molecule has 0 aliphatic carbocycles. The maximum Gasteiger partial charge on any atom is 0.287 e. The minimum absolute atomic E-state index is 0.441. The van der Waals surface area contributed by atoms with Gasteiger partial charge in [-0.25, -0.2) is 9.67 Å². The zero-order valence-corrected chi connectivity index (χ0v) is 8.86. The second-order valence-corrected chi connectivity index (χ2v) is 3.51. The maximum absolute atomic E-state index is 4.29. The fourth-order valence-corrected chi connectivity index (χ4v) is 1.56. The molecular weight excluding hydrogens is 206 g/mol. The Morgan fingerprint density at radius 1 is 1.12 bits per heavy atom. The second kappa shape index (κ2) is 3.09. The van der Waals surface area contributed by atoms with Gasteiger partial charge in [0.2, 0.25) is 0 Å². The van der Waals surface area contributed by atoms with Crippen molar-refractivity contribution in [2.75, 3.05) is 0 Å². The molecule has 3 rings (SSSR count). The molecule has 3 aromatic rings. The van der Waals surface area contributed by atoms with E-state index >= 15 is 0 Å². The molecule has 0 saturated heterocycles. The van der Waals surface area contributed by atoms with E-state index in [1.807, 2.05) is 19.9 Å². The van der Waals surface area contributed by atoms with Gasteiger partial charge in [-0.2, -0.15) is 9.61 Å². The molecule has 0 aromatic carbocycles. The van der Waals surface area contributed by atoms with Crippen molar-refractivity contribution in [2.45, 2.75) is 13.8 Å². The fourth-order valence-electron chi connectivity index (χ4n) is 1.56. The predicted octanol–water partition coefficient (Wildman–Crippen LogP) is 0.322. The van der Waals surface area contributed by atoms with Gasteiger partial charge in [-0.3, -0.25) is 0 Å². The van der Waals surface area contributed by atoms with E-state index in [-0.39, 0.29) is 0 Å². The van der Waals surface area contributed by atoms with Crippen molar-refractivity contribution in [1.29, 1.82) is 0 Å². The lowest BCUT2D eigenvalue weighted by Gasteiger charge is -2.00. The molecule has 16 heavy (non-hydrogen) atoms. The Morgan fingerprint density at radius 3 is 2.75 bits per heavy atom. The standard InChI is InChI=1S/C9H9N7/c1-6-5-7(2)16(13-6)9-12-11-8-10-3-4-15(8)14-9/h3-5H,1-2H3. The smallest absolute Gasteiger partial charge is 0.217 e. The summed E-state index contributed by atoms with van der Waals surface area (Å²) in [5.74, 6) is 0.918. The maximum atomic E-state index is 4.29. The zero-order chi connectivity index (χ0) is 11.1. The van der Waals surface area contributed by atoms with Crippen LogP contribution < -0.4 is 0 Å². The lowest BCUT2D eigenvalue weighted by Crippen LogP contribution is -2.09. The van der Waals surface area contributed by atoms with Crippen LogP contribution in [0.25, 0.3) is 11.7 Å². The number of rotatable bonds is 1. The molecule has 0 saturated carbocycles. The highest BCUT2D eigenvalue weighted by Gasteiger charge is 2.08. The first kappa shape index (κ1) is 8.96. The predicted molar refractivity (Wildman–Crippen MR) is 55.2 cm³/mol.